The summed E-state index contributed by atoms with van der Waals surface area (Å²) in [5.41, 5.74) is 2.61. The van der Waals surface area contributed by atoms with Crippen LogP contribution in [0.4, 0.5) is 5.69 Å². The Labute approximate surface area is 172 Å². The summed E-state index contributed by atoms with van der Waals surface area (Å²) in [4.78, 5) is 15.2. The Morgan fingerprint density at radius 1 is 1.00 bits per heavy atom. The molecule has 1 aliphatic heterocycles. The first-order valence-corrected chi connectivity index (χ1v) is 10.3. The fourth-order valence-electron chi connectivity index (χ4n) is 3.53. The maximum Gasteiger partial charge on any atom is 0.238 e. The van der Waals surface area contributed by atoms with Gasteiger partial charge in [0.05, 0.1) is 17.5 Å². The van der Waals surface area contributed by atoms with E-state index >= 15 is 0 Å². The van der Waals surface area contributed by atoms with Crippen LogP contribution in [0.5, 0.6) is 5.75 Å². The number of hydrogen-bond donors (Lipinski definition) is 0. The summed E-state index contributed by atoms with van der Waals surface area (Å²) in [6.45, 7) is 0.422. The molecule has 4 aromatic rings. The van der Waals surface area contributed by atoms with E-state index in [0.29, 0.717) is 11.8 Å². The van der Waals surface area contributed by atoms with Crippen molar-refractivity contribution >= 4 is 29.0 Å². The molecule has 0 aliphatic carbocycles. The Hall–Kier alpha value is -3.32. The summed E-state index contributed by atoms with van der Waals surface area (Å²) >= 11 is 1.39. The van der Waals surface area contributed by atoms with Crippen molar-refractivity contribution in [3.63, 3.8) is 0 Å². The Balaban J connectivity index is 1.44. The molecule has 0 bridgehead atoms. The molecule has 6 nitrogen and oxygen atoms in total. The smallest absolute Gasteiger partial charge is 0.238 e. The van der Waals surface area contributed by atoms with Crippen LogP contribution in [0.1, 0.15) is 11.6 Å². The number of fused-ring (bicyclic) bond motifs is 2. The summed E-state index contributed by atoms with van der Waals surface area (Å²) < 4.78 is 7.84. The van der Waals surface area contributed by atoms with E-state index in [0.717, 1.165) is 22.6 Å². The van der Waals surface area contributed by atoms with Crippen molar-refractivity contribution in [3.05, 3.63) is 84.6 Å². The maximum absolute atomic E-state index is 13.4. The summed E-state index contributed by atoms with van der Waals surface area (Å²) in [6.07, 6.45) is 1.90. The highest BCUT2D eigenvalue weighted by Gasteiger charge is 2.33. The monoisotopic (exact) mass is 402 g/mol. The van der Waals surface area contributed by atoms with Crippen LogP contribution in [0.2, 0.25) is 0 Å². The van der Waals surface area contributed by atoms with Crippen LogP contribution in [-0.4, -0.2) is 32.9 Å². The first kappa shape index (κ1) is 17.8. The summed E-state index contributed by atoms with van der Waals surface area (Å²) in [6, 6.07) is 23.2. The number of hydrogen-bond acceptors (Lipinski definition) is 5. The number of ether oxygens (including phenoxy) is 1. The Morgan fingerprint density at radius 2 is 1.79 bits per heavy atom. The molecule has 5 rings (SSSR count). The minimum Gasteiger partial charge on any atom is -0.489 e. The number of rotatable bonds is 4. The van der Waals surface area contributed by atoms with Crippen molar-refractivity contribution in [2.24, 2.45) is 0 Å². The number of thioether (sulfide) groups is 1. The lowest BCUT2D eigenvalue weighted by Crippen LogP contribution is -2.42. The van der Waals surface area contributed by atoms with E-state index in [9.17, 15) is 4.79 Å². The molecule has 0 radical (unpaired) electrons. The van der Waals surface area contributed by atoms with Gasteiger partial charge in [-0.25, -0.2) is 0 Å². The fourth-order valence-corrected chi connectivity index (χ4v) is 4.32. The van der Waals surface area contributed by atoms with E-state index in [1.807, 2.05) is 88.3 Å². The largest absolute Gasteiger partial charge is 0.489 e. The zero-order valence-corrected chi connectivity index (χ0v) is 16.3. The third kappa shape index (κ3) is 3.34. The molecule has 0 N–H and O–H groups in total. The molecule has 7 heteroatoms. The van der Waals surface area contributed by atoms with Gasteiger partial charge in [0.2, 0.25) is 5.91 Å². The maximum atomic E-state index is 13.4. The average molecular weight is 402 g/mol. The van der Waals surface area contributed by atoms with Crippen molar-refractivity contribution < 1.29 is 9.53 Å². The molecule has 1 aliphatic rings. The zero-order chi connectivity index (χ0) is 19.6. The zero-order valence-electron chi connectivity index (χ0n) is 15.5. The topological polar surface area (TPSA) is 59.7 Å². The van der Waals surface area contributed by atoms with Gasteiger partial charge in [-0.3, -0.25) is 14.1 Å². The molecule has 1 amide bonds. The molecule has 2 aromatic carbocycles. The van der Waals surface area contributed by atoms with Crippen LogP contribution in [0, 0.1) is 0 Å². The Kier molecular flexibility index (Phi) is 4.65. The van der Waals surface area contributed by atoms with Crippen LogP contribution in [0.25, 0.3) is 5.65 Å². The minimum atomic E-state index is -0.172. The first-order chi connectivity index (χ1) is 14.3. The molecule has 144 valence electrons. The standard InChI is InChI=1S/C22H18N4O2S/c27-21(15-29-22-24-23-20-12-6-7-13-25(20)22)26-17-10-4-5-11-19(17)28-14-18(26)16-8-2-1-3-9-16/h1-13,18H,14-15H2/t18-/m0/s1. The van der Waals surface area contributed by atoms with Gasteiger partial charge in [0.1, 0.15) is 12.4 Å². The molecule has 0 fully saturated rings. The van der Waals surface area contributed by atoms with Crippen LogP contribution in [0.3, 0.4) is 0 Å². The molecular weight excluding hydrogens is 384 g/mol. The SMILES string of the molecule is O=C(CSc1nnc2ccccn12)N1c2ccccc2OC[C@H]1c1ccccc1. The Morgan fingerprint density at radius 3 is 2.69 bits per heavy atom. The lowest BCUT2D eigenvalue weighted by Gasteiger charge is -2.37. The molecule has 0 saturated carbocycles. The number of amides is 1. The molecule has 3 heterocycles. The third-order valence-corrected chi connectivity index (χ3v) is 5.82. The quantitative estimate of drug-likeness (QED) is 0.483. The van der Waals surface area contributed by atoms with Crippen molar-refractivity contribution in [2.45, 2.75) is 11.2 Å². The fraction of sp³-hybridized carbons (Fsp3) is 0.136. The summed E-state index contributed by atoms with van der Waals surface area (Å²) in [7, 11) is 0. The number of carbonyl (C=O) groups excluding carboxylic acids is 1. The van der Waals surface area contributed by atoms with Crippen LogP contribution in [-0.2, 0) is 4.79 Å². The number of benzene rings is 2. The normalized spacial score (nSPS) is 15.7. The summed E-state index contributed by atoms with van der Waals surface area (Å²) in [5.74, 6) is 0.992. The van der Waals surface area contributed by atoms with E-state index in [-0.39, 0.29) is 17.7 Å². The van der Waals surface area contributed by atoms with Crippen LogP contribution in [0.15, 0.2) is 84.1 Å². The molecule has 0 saturated heterocycles. The second kappa shape index (κ2) is 7.60. The highest BCUT2D eigenvalue weighted by atomic mass is 32.2. The molecule has 0 spiro atoms. The molecular formula is C22H18N4O2S. The van der Waals surface area contributed by atoms with Crippen LogP contribution < -0.4 is 9.64 Å². The number of para-hydroxylation sites is 2. The predicted molar refractivity (Wildman–Crippen MR) is 112 cm³/mol. The van der Waals surface area contributed by atoms with Crippen LogP contribution >= 0.6 is 11.8 Å². The van der Waals surface area contributed by atoms with Crippen molar-refractivity contribution in [1.82, 2.24) is 14.6 Å². The minimum absolute atomic E-state index is 0.00674. The van der Waals surface area contributed by atoms with E-state index in [2.05, 4.69) is 10.2 Å². The lowest BCUT2D eigenvalue weighted by molar-refractivity contribution is -0.117. The van der Waals surface area contributed by atoms with Gasteiger partial charge in [0, 0.05) is 6.20 Å². The number of anilines is 1. The molecule has 1 atom stereocenters. The van der Waals surface area contributed by atoms with Gasteiger partial charge in [-0.2, -0.15) is 0 Å². The third-order valence-electron chi connectivity index (χ3n) is 4.89. The van der Waals surface area contributed by atoms with E-state index in [1.54, 1.807) is 0 Å². The van der Waals surface area contributed by atoms with Gasteiger partial charge >= 0.3 is 0 Å². The average Bonchev–Trinajstić information content (AvgIpc) is 3.20. The first-order valence-electron chi connectivity index (χ1n) is 9.32. The van der Waals surface area contributed by atoms with Crippen molar-refractivity contribution in [1.29, 1.82) is 0 Å². The number of nitrogens with zero attached hydrogens (tertiary/aromatic N) is 4. The molecule has 0 unspecified atom stereocenters. The van der Waals surface area contributed by atoms with Crippen molar-refractivity contribution in [2.75, 3.05) is 17.3 Å². The molecule has 29 heavy (non-hydrogen) atoms. The lowest BCUT2D eigenvalue weighted by atomic mass is 10.0. The van der Waals surface area contributed by atoms with Gasteiger partial charge in [-0.05, 0) is 29.8 Å². The number of carbonyl (C=O) groups is 1. The predicted octanol–water partition coefficient (Wildman–Crippen LogP) is 3.99. The number of pyridine rings is 1. The highest BCUT2D eigenvalue weighted by Crippen LogP contribution is 2.39. The van der Waals surface area contributed by atoms with Gasteiger partial charge in [0.15, 0.2) is 10.8 Å². The van der Waals surface area contributed by atoms with E-state index in [1.165, 1.54) is 11.8 Å². The Bertz CT molecular complexity index is 1160. The second-order valence-electron chi connectivity index (χ2n) is 6.67. The van der Waals surface area contributed by atoms with E-state index < -0.39 is 0 Å². The second-order valence-corrected chi connectivity index (χ2v) is 7.61. The summed E-state index contributed by atoms with van der Waals surface area (Å²) in [5, 5.41) is 9.07. The highest BCUT2D eigenvalue weighted by molar-refractivity contribution is 7.99. The van der Waals surface area contributed by atoms with Gasteiger partial charge in [-0.1, -0.05) is 60.3 Å². The van der Waals surface area contributed by atoms with Gasteiger partial charge in [0.25, 0.3) is 0 Å². The van der Waals surface area contributed by atoms with E-state index in [4.69, 9.17) is 4.74 Å². The van der Waals surface area contributed by atoms with Gasteiger partial charge in [-0.15, -0.1) is 10.2 Å². The van der Waals surface area contributed by atoms with Gasteiger partial charge < -0.3 is 4.74 Å². The molecule has 2 aromatic heterocycles. The number of aromatic nitrogens is 3. The van der Waals surface area contributed by atoms with Crippen molar-refractivity contribution in [3.8, 4) is 5.75 Å².